The fourth-order valence-electron chi connectivity index (χ4n) is 2.65. The summed E-state index contributed by atoms with van der Waals surface area (Å²) in [5, 5.41) is 24.1. The number of benzene rings is 1. The molecule has 23 heavy (non-hydrogen) atoms. The van der Waals surface area contributed by atoms with Crippen LogP contribution < -0.4 is 10.7 Å². The topological polar surface area (TPSA) is 101 Å². The third kappa shape index (κ3) is 4.55. The molecule has 0 bridgehead atoms. The lowest BCUT2D eigenvalue weighted by molar-refractivity contribution is -0.120. The molecule has 0 heterocycles. The molecular weight excluding hydrogens is 290 g/mol. The second-order valence-corrected chi connectivity index (χ2v) is 5.67. The van der Waals surface area contributed by atoms with Crippen LogP contribution in [0.25, 0.3) is 0 Å². The van der Waals surface area contributed by atoms with Crippen molar-refractivity contribution in [3.05, 3.63) is 23.8 Å². The van der Waals surface area contributed by atoms with Crippen LogP contribution in [0.5, 0.6) is 0 Å². The maximum Gasteiger partial charge on any atom is 0.237 e. The second kappa shape index (κ2) is 7.95. The number of nitriles is 2. The maximum absolute atomic E-state index is 12.4. The Labute approximate surface area is 135 Å². The minimum absolute atomic E-state index is 0.0152. The highest BCUT2D eigenvalue weighted by Gasteiger charge is 2.21. The molecule has 0 spiro atoms. The Hall–Kier alpha value is -2.86. The first-order valence-corrected chi connectivity index (χ1v) is 7.69. The summed E-state index contributed by atoms with van der Waals surface area (Å²) < 4.78 is 0. The zero-order valence-corrected chi connectivity index (χ0v) is 13.1. The summed E-state index contributed by atoms with van der Waals surface area (Å²) in [5.41, 5.74) is 4.57. The number of aryl methyl sites for hydroxylation is 1. The lowest BCUT2D eigenvalue weighted by Gasteiger charge is -2.21. The summed E-state index contributed by atoms with van der Waals surface area (Å²) in [6, 6.07) is 8.87. The van der Waals surface area contributed by atoms with E-state index in [1.807, 2.05) is 19.1 Å². The molecule has 0 aliphatic heterocycles. The van der Waals surface area contributed by atoms with E-state index < -0.39 is 0 Å². The fourth-order valence-corrected chi connectivity index (χ4v) is 2.65. The van der Waals surface area contributed by atoms with Crippen LogP contribution in [0.3, 0.4) is 0 Å². The van der Waals surface area contributed by atoms with E-state index in [0.29, 0.717) is 11.4 Å². The molecule has 1 fully saturated rings. The van der Waals surface area contributed by atoms with E-state index in [1.54, 1.807) is 18.2 Å². The van der Waals surface area contributed by atoms with Gasteiger partial charge in [-0.2, -0.15) is 15.6 Å². The Balaban J connectivity index is 2.15. The van der Waals surface area contributed by atoms with Crippen LogP contribution in [0.2, 0.25) is 0 Å². The molecule has 1 saturated carbocycles. The molecule has 6 nitrogen and oxygen atoms in total. The molecule has 0 unspecified atom stereocenters. The molecule has 0 radical (unpaired) electrons. The highest BCUT2D eigenvalue weighted by Crippen LogP contribution is 2.28. The quantitative estimate of drug-likeness (QED) is 0.658. The molecule has 1 aromatic carbocycles. The van der Waals surface area contributed by atoms with Gasteiger partial charge in [-0.25, -0.2) is 0 Å². The number of amides is 1. The first kappa shape index (κ1) is 16.5. The summed E-state index contributed by atoms with van der Waals surface area (Å²) in [7, 11) is 0. The number of carbonyl (C=O) groups excluding carboxylic acids is 1. The first-order chi connectivity index (χ1) is 11.1. The minimum atomic E-state index is -0.268. The van der Waals surface area contributed by atoms with Gasteiger partial charge < -0.3 is 5.32 Å². The molecule has 2 N–H and O–H groups in total. The Morgan fingerprint density at radius 1 is 1.17 bits per heavy atom. The van der Waals surface area contributed by atoms with Gasteiger partial charge in [-0.15, -0.1) is 0 Å². The lowest BCUT2D eigenvalue weighted by atomic mass is 9.88. The molecule has 1 aromatic rings. The molecule has 6 heteroatoms. The molecule has 0 aromatic heterocycles. The average molecular weight is 309 g/mol. The standard InChI is InChI=1S/C17H19N5O/c1-12-7-8-15(16(9-12)22-21-14(10-18)11-19)20-17(23)13-5-3-2-4-6-13/h7-9,13,22H,2-6H2,1H3,(H,20,23). The van der Waals surface area contributed by atoms with E-state index in [9.17, 15) is 4.79 Å². The van der Waals surface area contributed by atoms with Gasteiger partial charge in [0.1, 0.15) is 12.1 Å². The van der Waals surface area contributed by atoms with Gasteiger partial charge in [0.25, 0.3) is 0 Å². The highest BCUT2D eigenvalue weighted by atomic mass is 16.1. The number of hydrogen-bond donors (Lipinski definition) is 2. The Kier molecular flexibility index (Phi) is 5.71. The van der Waals surface area contributed by atoms with Crippen molar-refractivity contribution in [3.63, 3.8) is 0 Å². The van der Waals surface area contributed by atoms with Gasteiger partial charge >= 0.3 is 0 Å². The van der Waals surface area contributed by atoms with Gasteiger partial charge in [0.05, 0.1) is 11.4 Å². The van der Waals surface area contributed by atoms with Crippen LogP contribution >= 0.6 is 0 Å². The van der Waals surface area contributed by atoms with Crippen LogP contribution in [0.4, 0.5) is 11.4 Å². The number of hydrazone groups is 1. The summed E-state index contributed by atoms with van der Waals surface area (Å²) in [6.07, 6.45) is 5.22. The number of carbonyl (C=O) groups is 1. The Bertz CT molecular complexity index is 674. The largest absolute Gasteiger partial charge is 0.324 e. The lowest BCUT2D eigenvalue weighted by Crippen LogP contribution is -2.25. The van der Waals surface area contributed by atoms with Crippen LogP contribution in [-0.4, -0.2) is 11.6 Å². The number of nitrogens with one attached hydrogen (secondary N) is 2. The fraction of sp³-hybridized carbons (Fsp3) is 0.412. The maximum atomic E-state index is 12.4. The average Bonchev–Trinajstić information content (AvgIpc) is 2.58. The number of hydrogen-bond acceptors (Lipinski definition) is 5. The van der Waals surface area contributed by atoms with E-state index in [1.165, 1.54) is 6.42 Å². The second-order valence-electron chi connectivity index (χ2n) is 5.67. The van der Waals surface area contributed by atoms with Crippen molar-refractivity contribution in [1.82, 2.24) is 0 Å². The van der Waals surface area contributed by atoms with Crippen molar-refractivity contribution in [2.45, 2.75) is 39.0 Å². The van der Waals surface area contributed by atoms with E-state index in [4.69, 9.17) is 10.5 Å². The van der Waals surface area contributed by atoms with Gasteiger partial charge in [0.15, 0.2) is 0 Å². The zero-order valence-electron chi connectivity index (χ0n) is 13.1. The van der Waals surface area contributed by atoms with Crippen molar-refractivity contribution in [2.24, 2.45) is 11.0 Å². The number of anilines is 2. The van der Waals surface area contributed by atoms with E-state index in [0.717, 1.165) is 31.2 Å². The van der Waals surface area contributed by atoms with Crippen LogP contribution in [0, 0.1) is 35.5 Å². The Morgan fingerprint density at radius 2 is 1.87 bits per heavy atom. The Morgan fingerprint density at radius 3 is 2.52 bits per heavy atom. The molecule has 0 saturated heterocycles. The van der Waals surface area contributed by atoms with E-state index in [2.05, 4.69) is 15.8 Å². The third-order valence-electron chi connectivity index (χ3n) is 3.91. The summed E-state index contributed by atoms with van der Waals surface area (Å²) >= 11 is 0. The van der Waals surface area contributed by atoms with Crippen molar-refractivity contribution in [1.29, 1.82) is 10.5 Å². The summed E-state index contributed by atoms with van der Waals surface area (Å²) in [4.78, 5) is 12.4. The van der Waals surface area contributed by atoms with Gasteiger partial charge in [-0.1, -0.05) is 25.3 Å². The smallest absolute Gasteiger partial charge is 0.237 e. The minimum Gasteiger partial charge on any atom is -0.324 e. The molecule has 1 aliphatic carbocycles. The number of nitrogens with zero attached hydrogens (tertiary/aromatic N) is 3. The third-order valence-corrected chi connectivity index (χ3v) is 3.91. The molecule has 2 rings (SSSR count). The predicted octanol–water partition coefficient (Wildman–Crippen LogP) is 3.33. The van der Waals surface area contributed by atoms with Crippen molar-refractivity contribution >= 4 is 23.0 Å². The normalized spacial score (nSPS) is 14.2. The van der Waals surface area contributed by atoms with E-state index >= 15 is 0 Å². The SMILES string of the molecule is Cc1ccc(NC(=O)C2CCCCC2)c(NN=C(C#N)C#N)c1. The van der Waals surface area contributed by atoms with Crippen LogP contribution in [0.1, 0.15) is 37.7 Å². The highest BCUT2D eigenvalue weighted by molar-refractivity contribution is 6.10. The van der Waals surface area contributed by atoms with Crippen molar-refractivity contribution in [2.75, 3.05) is 10.7 Å². The van der Waals surface area contributed by atoms with E-state index in [-0.39, 0.29) is 17.5 Å². The molecular formula is C17H19N5O. The molecule has 118 valence electrons. The van der Waals surface area contributed by atoms with Gasteiger partial charge in [0.2, 0.25) is 11.6 Å². The molecule has 0 atom stereocenters. The molecule has 1 amide bonds. The van der Waals surface area contributed by atoms with Crippen LogP contribution in [-0.2, 0) is 4.79 Å². The molecule has 1 aliphatic rings. The van der Waals surface area contributed by atoms with Crippen molar-refractivity contribution in [3.8, 4) is 12.1 Å². The summed E-state index contributed by atoms with van der Waals surface area (Å²) in [5.74, 6) is 0.0663. The zero-order chi connectivity index (χ0) is 16.7. The summed E-state index contributed by atoms with van der Waals surface area (Å²) in [6.45, 7) is 1.91. The van der Waals surface area contributed by atoms with Crippen molar-refractivity contribution < 1.29 is 4.79 Å². The monoisotopic (exact) mass is 309 g/mol. The van der Waals surface area contributed by atoms with Gasteiger partial charge in [0, 0.05) is 5.92 Å². The number of rotatable bonds is 4. The predicted molar refractivity (Wildman–Crippen MR) is 88.7 cm³/mol. The first-order valence-electron chi connectivity index (χ1n) is 7.69. The van der Waals surface area contributed by atoms with Gasteiger partial charge in [-0.3, -0.25) is 10.2 Å². The van der Waals surface area contributed by atoms with Crippen LogP contribution in [0.15, 0.2) is 23.3 Å². The van der Waals surface area contributed by atoms with Gasteiger partial charge in [-0.05, 0) is 37.5 Å².